The van der Waals surface area contributed by atoms with E-state index in [1.54, 1.807) is 0 Å². The van der Waals surface area contributed by atoms with E-state index < -0.39 is 0 Å². The number of aromatic nitrogens is 3. The lowest BCUT2D eigenvalue weighted by molar-refractivity contribution is 0.477. The molecule has 0 saturated carbocycles. The topological polar surface area (TPSA) is 43.2 Å². The van der Waals surface area contributed by atoms with Crippen LogP contribution in [0.5, 0.6) is 11.5 Å². The molecule has 0 bridgehead atoms. The molecule has 0 amide bonds. The molecule has 6 heteroatoms. The maximum atomic E-state index is 6.61. The highest BCUT2D eigenvalue weighted by molar-refractivity contribution is 7.27. The lowest BCUT2D eigenvalue weighted by atomic mass is 9.99. The molecule has 5 nitrogen and oxygen atoms in total. The zero-order valence-electron chi connectivity index (χ0n) is 28.8. The molecule has 0 saturated heterocycles. The molecule has 0 unspecified atom stereocenters. The number of hydrogen-bond donors (Lipinski definition) is 0. The van der Waals surface area contributed by atoms with Gasteiger partial charge in [0.25, 0.3) is 0 Å². The van der Waals surface area contributed by atoms with E-state index >= 15 is 0 Å². The maximum absolute atomic E-state index is 6.61. The van der Waals surface area contributed by atoms with Crippen LogP contribution in [0.1, 0.15) is 0 Å². The Morgan fingerprint density at radius 2 is 1.17 bits per heavy atom. The van der Waals surface area contributed by atoms with E-state index in [4.69, 9.17) is 14.7 Å². The van der Waals surface area contributed by atoms with E-state index in [0.29, 0.717) is 5.82 Å². The molecule has 252 valence electrons. The Balaban J connectivity index is 1.15. The number of nitrogens with zero attached hydrogens (tertiary/aromatic N) is 4. The second kappa shape index (κ2) is 11.2. The van der Waals surface area contributed by atoms with Crippen LogP contribution in [0.2, 0.25) is 0 Å². The summed E-state index contributed by atoms with van der Waals surface area (Å²) in [6.07, 6.45) is 0. The van der Waals surface area contributed by atoms with Gasteiger partial charge in [-0.25, -0.2) is 9.97 Å². The lowest BCUT2D eigenvalue weighted by Crippen LogP contribution is -2.15. The van der Waals surface area contributed by atoms with E-state index in [1.165, 1.54) is 47.2 Å². The number of hydrogen-bond acceptors (Lipinski definition) is 5. The molecule has 4 heterocycles. The Hall–Kier alpha value is -7.02. The number of rotatable bonds is 3. The van der Waals surface area contributed by atoms with Crippen LogP contribution in [0.15, 0.2) is 170 Å². The number of ether oxygens (including phenoxy) is 1. The molecule has 1 aliphatic heterocycles. The van der Waals surface area contributed by atoms with Crippen molar-refractivity contribution in [1.82, 2.24) is 14.5 Å². The third kappa shape index (κ3) is 4.14. The van der Waals surface area contributed by atoms with Gasteiger partial charge >= 0.3 is 0 Å². The number of fused-ring (bicyclic) bond motifs is 13. The van der Waals surface area contributed by atoms with Crippen LogP contribution in [0.25, 0.3) is 80.9 Å². The summed E-state index contributed by atoms with van der Waals surface area (Å²) in [6.45, 7) is 0. The number of anilines is 3. The molecule has 0 atom stereocenters. The van der Waals surface area contributed by atoms with Gasteiger partial charge in [-0.1, -0.05) is 103 Å². The van der Waals surface area contributed by atoms with Crippen molar-refractivity contribution in [3.8, 4) is 28.7 Å². The minimum atomic E-state index is 0.638. The Labute approximate surface area is 313 Å². The van der Waals surface area contributed by atoms with Gasteiger partial charge in [0.05, 0.1) is 32.6 Å². The summed E-state index contributed by atoms with van der Waals surface area (Å²) in [5, 5.41) is 8.52. The molecule has 0 fully saturated rings. The summed E-state index contributed by atoms with van der Waals surface area (Å²) in [4.78, 5) is 13.0. The normalized spacial score (nSPS) is 12.6. The Morgan fingerprint density at radius 1 is 0.500 bits per heavy atom. The summed E-state index contributed by atoms with van der Waals surface area (Å²) in [7, 11) is 0. The largest absolute Gasteiger partial charge is 0.453 e. The van der Waals surface area contributed by atoms with Gasteiger partial charge in [0.1, 0.15) is 5.82 Å². The molecule has 8 aromatic carbocycles. The van der Waals surface area contributed by atoms with E-state index in [9.17, 15) is 0 Å². The van der Waals surface area contributed by atoms with Crippen molar-refractivity contribution < 1.29 is 4.74 Å². The van der Waals surface area contributed by atoms with Gasteiger partial charge in [-0.15, -0.1) is 11.3 Å². The molecule has 0 radical (unpaired) electrons. The standard InChI is InChI=1S/C48H28N4OS/c1-2-14-30(15-3-1)51-38-23-11-12-24-40(38)53-41-28-29(26-27-39(41)51)47-49-36-21-9-6-18-33(36)48(50-47)52-37-22-10-7-19-34(37)43-31-16-4-5-17-32(31)44-35-20-8-13-25-42(35)54-46(44)45(43)52/h1-28H. The van der Waals surface area contributed by atoms with Crippen LogP contribution in [0.4, 0.5) is 17.1 Å². The monoisotopic (exact) mass is 708 g/mol. The zero-order valence-corrected chi connectivity index (χ0v) is 29.6. The van der Waals surface area contributed by atoms with Crippen LogP contribution in [-0.4, -0.2) is 14.5 Å². The smallest absolute Gasteiger partial charge is 0.162 e. The predicted molar refractivity (Wildman–Crippen MR) is 224 cm³/mol. The Bertz CT molecular complexity index is 3330. The van der Waals surface area contributed by atoms with E-state index in [1.807, 2.05) is 35.6 Å². The van der Waals surface area contributed by atoms with Crippen molar-refractivity contribution >= 4 is 92.1 Å². The molecule has 0 spiro atoms. The van der Waals surface area contributed by atoms with Gasteiger partial charge in [0.15, 0.2) is 17.3 Å². The zero-order chi connectivity index (χ0) is 35.3. The van der Waals surface area contributed by atoms with E-state index in [-0.39, 0.29) is 0 Å². The molecule has 1 aliphatic rings. The third-order valence-corrected chi connectivity index (χ3v) is 11.9. The number of benzene rings is 8. The Kier molecular flexibility index (Phi) is 6.15. The van der Waals surface area contributed by atoms with Crippen LogP contribution in [0, 0.1) is 0 Å². The van der Waals surface area contributed by atoms with Gasteiger partial charge < -0.3 is 9.64 Å². The quantitative estimate of drug-likeness (QED) is 0.183. The highest BCUT2D eigenvalue weighted by atomic mass is 32.1. The lowest BCUT2D eigenvalue weighted by Gasteiger charge is -2.33. The van der Waals surface area contributed by atoms with Gasteiger partial charge in [-0.2, -0.15) is 0 Å². The fraction of sp³-hybridized carbons (Fsp3) is 0. The first kappa shape index (κ1) is 29.5. The fourth-order valence-electron chi connectivity index (χ4n) is 8.46. The van der Waals surface area contributed by atoms with Gasteiger partial charge in [0.2, 0.25) is 0 Å². The van der Waals surface area contributed by atoms with Crippen LogP contribution in [-0.2, 0) is 0 Å². The number of para-hydroxylation sites is 5. The average molecular weight is 709 g/mol. The minimum absolute atomic E-state index is 0.638. The first-order valence-electron chi connectivity index (χ1n) is 18.1. The van der Waals surface area contributed by atoms with Crippen molar-refractivity contribution in [2.45, 2.75) is 0 Å². The first-order valence-corrected chi connectivity index (χ1v) is 18.9. The molecule has 12 rings (SSSR count). The summed E-state index contributed by atoms with van der Waals surface area (Å²) >= 11 is 1.86. The predicted octanol–water partition coefficient (Wildman–Crippen LogP) is 13.5. The van der Waals surface area contributed by atoms with Crippen molar-refractivity contribution in [1.29, 1.82) is 0 Å². The first-order chi connectivity index (χ1) is 26.8. The van der Waals surface area contributed by atoms with Gasteiger partial charge in [0, 0.05) is 42.9 Å². The van der Waals surface area contributed by atoms with Crippen molar-refractivity contribution in [3.63, 3.8) is 0 Å². The molecule has 54 heavy (non-hydrogen) atoms. The summed E-state index contributed by atoms with van der Waals surface area (Å²) in [5.74, 6) is 3.05. The molecular weight excluding hydrogens is 681 g/mol. The highest BCUT2D eigenvalue weighted by Gasteiger charge is 2.27. The van der Waals surface area contributed by atoms with Crippen LogP contribution < -0.4 is 9.64 Å². The van der Waals surface area contributed by atoms with Crippen LogP contribution in [0.3, 0.4) is 0 Å². The fourth-order valence-corrected chi connectivity index (χ4v) is 9.72. The highest BCUT2D eigenvalue weighted by Crippen LogP contribution is 2.52. The molecule has 0 N–H and O–H groups in total. The molecule has 11 aromatic rings. The van der Waals surface area contributed by atoms with E-state index in [0.717, 1.165) is 56.4 Å². The minimum Gasteiger partial charge on any atom is -0.453 e. The Morgan fingerprint density at radius 3 is 2.04 bits per heavy atom. The van der Waals surface area contributed by atoms with Crippen molar-refractivity contribution in [2.75, 3.05) is 4.90 Å². The molecular formula is C48H28N4OS. The molecule has 3 aromatic heterocycles. The average Bonchev–Trinajstić information content (AvgIpc) is 3.80. The third-order valence-electron chi connectivity index (χ3n) is 10.7. The second-order valence-corrected chi connectivity index (χ2v) is 14.8. The maximum Gasteiger partial charge on any atom is 0.162 e. The van der Waals surface area contributed by atoms with Gasteiger partial charge in [-0.05, 0) is 77.5 Å². The SMILES string of the molecule is c1ccc(N2c3ccccc3Oc3cc(-c4nc(-n5c6ccccc6c6c7ccccc7c7c8ccccc8sc7c65)c5ccccc5n4)ccc32)cc1. The summed E-state index contributed by atoms with van der Waals surface area (Å²) < 4.78 is 11.5. The van der Waals surface area contributed by atoms with E-state index in [2.05, 4.69) is 155 Å². The number of thiophene rings is 1. The van der Waals surface area contributed by atoms with Crippen molar-refractivity contribution in [2.24, 2.45) is 0 Å². The molecule has 0 aliphatic carbocycles. The van der Waals surface area contributed by atoms with Gasteiger partial charge in [-0.3, -0.25) is 4.57 Å². The van der Waals surface area contributed by atoms with Crippen LogP contribution >= 0.6 is 11.3 Å². The second-order valence-electron chi connectivity index (χ2n) is 13.7. The summed E-state index contributed by atoms with van der Waals surface area (Å²) in [6, 6.07) is 59.7. The summed E-state index contributed by atoms with van der Waals surface area (Å²) in [5.41, 5.74) is 7.08. The van der Waals surface area contributed by atoms with Crippen molar-refractivity contribution in [3.05, 3.63) is 170 Å².